The van der Waals surface area contributed by atoms with Crippen LogP contribution in [-0.4, -0.2) is 15.0 Å². The van der Waals surface area contributed by atoms with Crippen LogP contribution in [-0.2, 0) is 0 Å². The Morgan fingerprint density at radius 1 is 0.403 bits per heavy atom. The molecule has 0 amide bonds. The third kappa shape index (κ3) is 6.48. The Labute approximate surface area is 364 Å². The van der Waals surface area contributed by atoms with Crippen LogP contribution in [0.4, 0.5) is 0 Å². The number of furan rings is 1. The van der Waals surface area contributed by atoms with Crippen LogP contribution < -0.4 is 0 Å². The molecule has 0 spiro atoms. The minimum Gasteiger partial charge on any atom is -0.456 e. The highest BCUT2D eigenvalue weighted by atomic mass is 32.1. The lowest BCUT2D eigenvalue weighted by molar-refractivity contribution is 0.445. The highest BCUT2D eigenvalue weighted by molar-refractivity contribution is 7.26. The predicted molar refractivity (Wildman–Crippen MR) is 258 cm³/mol. The summed E-state index contributed by atoms with van der Waals surface area (Å²) in [6.45, 7) is 0. The van der Waals surface area contributed by atoms with Crippen molar-refractivity contribution in [2.75, 3.05) is 0 Å². The molecule has 0 atom stereocenters. The molecule has 0 radical (unpaired) electrons. The maximum absolute atomic E-state index is 6.58. The molecule has 1 aliphatic rings. The first-order valence-electron chi connectivity index (χ1n) is 21.7. The Morgan fingerprint density at radius 3 is 1.66 bits per heavy atom. The highest BCUT2D eigenvalue weighted by Gasteiger charge is 2.25. The van der Waals surface area contributed by atoms with Crippen molar-refractivity contribution >= 4 is 53.4 Å². The average Bonchev–Trinajstić information content (AvgIpc) is 3.93. The van der Waals surface area contributed by atoms with Gasteiger partial charge >= 0.3 is 0 Å². The lowest BCUT2D eigenvalue weighted by Gasteiger charge is -2.28. The van der Waals surface area contributed by atoms with Crippen molar-refractivity contribution in [2.45, 2.75) is 38.0 Å². The molecule has 3 aromatic heterocycles. The fourth-order valence-corrected chi connectivity index (χ4v) is 11.0. The lowest BCUT2D eigenvalue weighted by Crippen LogP contribution is -2.08. The van der Waals surface area contributed by atoms with Crippen molar-refractivity contribution in [1.82, 2.24) is 15.0 Å². The zero-order chi connectivity index (χ0) is 41.0. The summed E-state index contributed by atoms with van der Waals surface area (Å²) in [6, 6.07) is 65.0. The lowest BCUT2D eigenvalue weighted by atomic mass is 9.76. The molecule has 12 rings (SSSR count). The van der Waals surface area contributed by atoms with Crippen molar-refractivity contribution < 1.29 is 4.42 Å². The van der Waals surface area contributed by atoms with E-state index in [0.717, 1.165) is 44.2 Å². The molecule has 0 aliphatic heterocycles. The zero-order valence-electron chi connectivity index (χ0n) is 34.1. The summed E-state index contributed by atoms with van der Waals surface area (Å²) in [5.41, 5.74) is 13.4. The van der Waals surface area contributed by atoms with Crippen LogP contribution in [0.15, 0.2) is 186 Å². The summed E-state index contributed by atoms with van der Waals surface area (Å²) in [4.78, 5) is 15.5. The number of rotatable bonds is 7. The van der Waals surface area contributed by atoms with Gasteiger partial charge in [-0.3, -0.25) is 0 Å². The maximum Gasteiger partial charge on any atom is 0.164 e. The van der Waals surface area contributed by atoms with Crippen molar-refractivity contribution in [3.8, 4) is 67.5 Å². The van der Waals surface area contributed by atoms with Crippen molar-refractivity contribution in [3.63, 3.8) is 0 Å². The molecule has 1 saturated carbocycles. The molecule has 3 heterocycles. The first-order chi connectivity index (χ1) is 30.7. The number of fused-ring (bicyclic) bond motifs is 7. The van der Waals surface area contributed by atoms with Gasteiger partial charge in [-0.1, -0.05) is 153 Å². The Morgan fingerprint density at radius 2 is 0.968 bits per heavy atom. The molecule has 5 heteroatoms. The molecular weight excluding hydrogens is 775 g/mol. The number of hydrogen-bond acceptors (Lipinski definition) is 5. The van der Waals surface area contributed by atoms with Crippen LogP contribution in [0.1, 0.15) is 43.6 Å². The van der Waals surface area contributed by atoms with Gasteiger partial charge < -0.3 is 4.42 Å². The van der Waals surface area contributed by atoms with Gasteiger partial charge in [-0.25, -0.2) is 15.0 Å². The quantitative estimate of drug-likeness (QED) is 0.161. The molecule has 0 bridgehead atoms. The fraction of sp³-hybridized carbons (Fsp3) is 0.105. The van der Waals surface area contributed by atoms with Gasteiger partial charge in [0, 0.05) is 47.6 Å². The smallest absolute Gasteiger partial charge is 0.164 e. The fourth-order valence-electron chi connectivity index (χ4n) is 9.73. The number of thiophene rings is 1. The molecule has 296 valence electrons. The predicted octanol–water partition coefficient (Wildman–Crippen LogP) is 16.2. The molecule has 4 nitrogen and oxygen atoms in total. The molecule has 1 fully saturated rings. The van der Waals surface area contributed by atoms with E-state index in [1.165, 1.54) is 85.7 Å². The number of benzene rings is 8. The SMILES string of the molecule is c1ccc(-c2nc(-c3cccc(-c4cc(-c5ccccc5)c(C5CCCCC5)c(-c5ccccc5)c4)c3)nc(-c3ccc4c(c3)oc3ccc5c6ccccc6sc5c34)n2)cc1. The third-order valence-corrected chi connectivity index (χ3v) is 13.9. The van der Waals surface area contributed by atoms with E-state index in [4.69, 9.17) is 19.4 Å². The van der Waals surface area contributed by atoms with Gasteiger partial charge in [-0.15, -0.1) is 11.3 Å². The zero-order valence-corrected chi connectivity index (χ0v) is 34.9. The van der Waals surface area contributed by atoms with Crippen LogP contribution in [0.25, 0.3) is 110 Å². The second-order valence-corrected chi connectivity index (χ2v) is 17.6. The summed E-state index contributed by atoms with van der Waals surface area (Å²) in [7, 11) is 0. The molecule has 8 aromatic carbocycles. The minimum atomic E-state index is 0.519. The average molecular weight is 816 g/mol. The van der Waals surface area contributed by atoms with Crippen LogP contribution in [0.3, 0.4) is 0 Å². The van der Waals surface area contributed by atoms with Gasteiger partial charge in [0.1, 0.15) is 11.2 Å². The summed E-state index contributed by atoms with van der Waals surface area (Å²) >= 11 is 1.82. The van der Waals surface area contributed by atoms with Gasteiger partial charge in [0.2, 0.25) is 0 Å². The number of hydrogen-bond donors (Lipinski definition) is 0. The second-order valence-electron chi connectivity index (χ2n) is 16.5. The van der Waals surface area contributed by atoms with Crippen molar-refractivity contribution in [2.24, 2.45) is 0 Å². The van der Waals surface area contributed by atoms with Crippen LogP contribution in [0.2, 0.25) is 0 Å². The first kappa shape index (κ1) is 36.6. The first-order valence-corrected chi connectivity index (χ1v) is 22.5. The number of nitrogens with zero attached hydrogens (tertiary/aromatic N) is 3. The molecule has 0 unspecified atom stereocenters. The van der Waals surface area contributed by atoms with E-state index in [1.54, 1.807) is 0 Å². The minimum absolute atomic E-state index is 0.519. The van der Waals surface area contributed by atoms with Gasteiger partial charge in [0.15, 0.2) is 17.5 Å². The van der Waals surface area contributed by atoms with E-state index in [0.29, 0.717) is 23.4 Å². The third-order valence-electron chi connectivity index (χ3n) is 12.7. The number of aromatic nitrogens is 3. The summed E-state index contributed by atoms with van der Waals surface area (Å²) in [5.74, 6) is 2.37. The van der Waals surface area contributed by atoms with E-state index in [-0.39, 0.29) is 0 Å². The topological polar surface area (TPSA) is 51.8 Å². The maximum atomic E-state index is 6.58. The Hall–Kier alpha value is -7.21. The van der Waals surface area contributed by atoms with Crippen LogP contribution in [0, 0.1) is 0 Å². The molecule has 62 heavy (non-hydrogen) atoms. The van der Waals surface area contributed by atoms with E-state index in [2.05, 4.69) is 164 Å². The molecule has 0 N–H and O–H groups in total. The summed E-state index contributed by atoms with van der Waals surface area (Å²) in [6.07, 6.45) is 6.31. The summed E-state index contributed by atoms with van der Waals surface area (Å²) in [5, 5.41) is 4.78. The normalized spacial score (nSPS) is 13.4. The van der Waals surface area contributed by atoms with Gasteiger partial charge in [0.05, 0.1) is 0 Å². The van der Waals surface area contributed by atoms with E-state index in [1.807, 2.05) is 29.5 Å². The van der Waals surface area contributed by atoms with Crippen molar-refractivity contribution in [3.05, 3.63) is 188 Å². The second kappa shape index (κ2) is 15.4. The molecular formula is C57H41N3OS. The molecule has 1 aliphatic carbocycles. The van der Waals surface area contributed by atoms with Gasteiger partial charge in [-0.05, 0) is 106 Å². The van der Waals surface area contributed by atoms with Crippen molar-refractivity contribution in [1.29, 1.82) is 0 Å². The largest absolute Gasteiger partial charge is 0.456 e. The molecule has 0 saturated heterocycles. The molecule has 11 aromatic rings. The monoisotopic (exact) mass is 815 g/mol. The highest BCUT2D eigenvalue weighted by Crippen LogP contribution is 2.47. The Balaban J connectivity index is 1.01. The van der Waals surface area contributed by atoms with Crippen LogP contribution in [0.5, 0.6) is 0 Å². The van der Waals surface area contributed by atoms with E-state index < -0.39 is 0 Å². The summed E-state index contributed by atoms with van der Waals surface area (Å²) < 4.78 is 9.11. The Kier molecular flexibility index (Phi) is 9.07. The van der Waals surface area contributed by atoms with E-state index >= 15 is 0 Å². The van der Waals surface area contributed by atoms with Gasteiger partial charge in [0.25, 0.3) is 0 Å². The van der Waals surface area contributed by atoms with Gasteiger partial charge in [-0.2, -0.15) is 0 Å². The van der Waals surface area contributed by atoms with E-state index in [9.17, 15) is 0 Å². The Bertz CT molecular complexity index is 3380. The standard InChI is InChI=1S/C57H41N3OS/c1-5-16-36(17-6-1)47-33-43(34-48(37-18-7-2-8-19-37)52(47)38-20-9-3-10-21-38)40-24-15-25-41(32-40)56-58-55(39-22-11-4-12-23-39)59-57(60-56)42-28-29-46-50(35-42)61-49-31-30-45-44-26-13-14-27-51(44)62-54(45)53(46)49/h1-2,4-8,11-19,22-35,38H,3,9-10,20-21H2. The van der Waals surface area contributed by atoms with Crippen LogP contribution >= 0.6 is 11.3 Å².